The van der Waals surface area contributed by atoms with Gasteiger partial charge < -0.3 is 0 Å². The van der Waals surface area contributed by atoms with E-state index in [2.05, 4.69) is 31.9 Å². The zero-order valence-electron chi connectivity index (χ0n) is 8.81. The van der Waals surface area contributed by atoms with Crippen LogP contribution in [0.2, 0.25) is 4.34 Å². The summed E-state index contributed by atoms with van der Waals surface area (Å²) < 4.78 is 14.7. The number of aryl methyl sites for hydroxylation is 1. The van der Waals surface area contributed by atoms with Crippen molar-refractivity contribution in [3.05, 3.63) is 54.9 Å². The molecule has 0 bridgehead atoms. The van der Waals surface area contributed by atoms with Crippen molar-refractivity contribution in [2.45, 2.75) is 11.8 Å². The molecule has 1 unspecified atom stereocenters. The maximum absolute atomic E-state index is 13.4. The van der Waals surface area contributed by atoms with Gasteiger partial charge in [0.1, 0.15) is 5.82 Å². The van der Waals surface area contributed by atoms with Crippen molar-refractivity contribution >= 4 is 54.8 Å². The first-order valence-electron chi connectivity index (χ1n) is 4.84. The van der Waals surface area contributed by atoms with Gasteiger partial charge in [0.05, 0.1) is 13.6 Å². The molecule has 90 valence electrons. The molecule has 0 aliphatic carbocycles. The smallest absolute Gasteiger partial charge is 0.137 e. The van der Waals surface area contributed by atoms with Gasteiger partial charge in [0.15, 0.2) is 0 Å². The van der Waals surface area contributed by atoms with E-state index in [1.54, 1.807) is 6.07 Å². The molecule has 1 heterocycles. The first kappa shape index (κ1) is 13.5. The number of hydrogen-bond acceptors (Lipinski definition) is 1. The van der Waals surface area contributed by atoms with E-state index in [0.717, 1.165) is 20.3 Å². The number of benzene rings is 1. The summed E-state index contributed by atoms with van der Waals surface area (Å²) in [6, 6.07) is 7.13. The third-order valence-corrected chi connectivity index (χ3v) is 5.95. The highest BCUT2D eigenvalue weighted by Crippen LogP contribution is 2.39. The van der Waals surface area contributed by atoms with Crippen molar-refractivity contribution in [2.75, 3.05) is 0 Å². The lowest BCUT2D eigenvalue weighted by molar-refractivity contribution is 0.619. The second-order valence-electron chi connectivity index (χ2n) is 3.64. The average Bonchev–Trinajstić information content (AvgIpc) is 2.62. The Hall–Kier alpha value is 0.1000. The fourth-order valence-corrected chi connectivity index (χ4v) is 3.61. The molecule has 0 amide bonds. The van der Waals surface area contributed by atoms with E-state index in [9.17, 15) is 4.39 Å². The van der Waals surface area contributed by atoms with E-state index in [-0.39, 0.29) is 10.6 Å². The number of halogens is 4. The number of thiophene rings is 1. The molecule has 0 aliphatic heterocycles. The molecule has 17 heavy (non-hydrogen) atoms. The molecule has 0 fully saturated rings. The summed E-state index contributed by atoms with van der Waals surface area (Å²) in [7, 11) is 0. The zero-order chi connectivity index (χ0) is 12.6. The van der Waals surface area contributed by atoms with Crippen molar-refractivity contribution in [1.29, 1.82) is 0 Å². The van der Waals surface area contributed by atoms with Crippen LogP contribution in [0.3, 0.4) is 0 Å². The van der Waals surface area contributed by atoms with E-state index in [1.807, 2.05) is 19.1 Å². The van der Waals surface area contributed by atoms with E-state index in [4.69, 9.17) is 11.6 Å². The van der Waals surface area contributed by atoms with E-state index < -0.39 is 0 Å². The zero-order valence-corrected chi connectivity index (χ0v) is 13.6. The molecule has 0 radical (unpaired) electrons. The maximum atomic E-state index is 13.4. The van der Waals surface area contributed by atoms with Crippen molar-refractivity contribution in [1.82, 2.24) is 0 Å². The van der Waals surface area contributed by atoms with Crippen LogP contribution in [0.5, 0.6) is 0 Å². The normalized spacial score (nSPS) is 12.8. The van der Waals surface area contributed by atoms with Crippen LogP contribution in [0.1, 0.15) is 20.8 Å². The second-order valence-corrected chi connectivity index (χ2v) is 7.10. The summed E-state index contributed by atoms with van der Waals surface area (Å²) in [4.78, 5) is 1.05. The van der Waals surface area contributed by atoms with Gasteiger partial charge in [0, 0.05) is 4.88 Å². The van der Waals surface area contributed by atoms with Crippen LogP contribution >= 0.6 is 54.8 Å². The first-order chi connectivity index (χ1) is 7.99. The number of rotatable bonds is 2. The largest absolute Gasteiger partial charge is 0.206 e. The molecule has 0 N–H and O–H groups in total. The molecule has 0 nitrogen and oxygen atoms in total. The Morgan fingerprint density at radius 2 is 2.06 bits per heavy atom. The molecular weight excluding hydrogens is 390 g/mol. The standard InChI is InChI=1S/C12H8Br2ClFS/c1-6-4-10(17-12(6)15)11(14)7-2-3-8(13)9(16)5-7/h2-5,11H,1H3. The van der Waals surface area contributed by atoms with E-state index in [1.165, 1.54) is 17.4 Å². The van der Waals surface area contributed by atoms with Gasteiger partial charge >= 0.3 is 0 Å². The van der Waals surface area contributed by atoms with Gasteiger partial charge in [0.25, 0.3) is 0 Å². The molecule has 1 aromatic heterocycles. The number of hydrogen-bond donors (Lipinski definition) is 0. The lowest BCUT2D eigenvalue weighted by atomic mass is 10.1. The van der Waals surface area contributed by atoms with Crippen molar-refractivity contribution < 1.29 is 4.39 Å². The van der Waals surface area contributed by atoms with Gasteiger partial charge in [-0.25, -0.2) is 4.39 Å². The summed E-state index contributed by atoms with van der Waals surface area (Å²) in [5, 5.41) is 0. The molecule has 2 aromatic rings. The summed E-state index contributed by atoms with van der Waals surface area (Å²) in [5.74, 6) is -0.258. The third kappa shape index (κ3) is 2.92. The highest BCUT2D eigenvalue weighted by atomic mass is 79.9. The monoisotopic (exact) mass is 396 g/mol. The minimum Gasteiger partial charge on any atom is -0.206 e. The fourth-order valence-electron chi connectivity index (χ4n) is 1.44. The Morgan fingerprint density at radius 1 is 1.35 bits per heavy atom. The van der Waals surface area contributed by atoms with Gasteiger partial charge in [0.2, 0.25) is 0 Å². The minimum atomic E-state index is -0.258. The highest BCUT2D eigenvalue weighted by Gasteiger charge is 2.15. The molecular formula is C12H8Br2ClFS. The third-order valence-electron chi connectivity index (χ3n) is 2.36. The molecule has 0 saturated carbocycles. The molecule has 0 saturated heterocycles. The van der Waals surface area contributed by atoms with Gasteiger partial charge in [-0.15, -0.1) is 11.3 Å². The van der Waals surface area contributed by atoms with Gasteiger partial charge in [-0.2, -0.15) is 0 Å². The predicted octanol–water partition coefficient (Wildman–Crippen LogP) is 6.10. The summed E-state index contributed by atoms with van der Waals surface area (Å²) >= 11 is 14.3. The SMILES string of the molecule is Cc1cc(C(Br)c2ccc(Br)c(F)c2)sc1Cl. The Kier molecular flexibility index (Phi) is 4.29. The topological polar surface area (TPSA) is 0 Å². The predicted molar refractivity (Wildman–Crippen MR) is 78.9 cm³/mol. The first-order valence-corrected chi connectivity index (χ1v) is 7.74. The molecule has 0 spiro atoms. The summed E-state index contributed by atoms with van der Waals surface area (Å²) in [6.45, 7) is 1.96. The van der Waals surface area contributed by atoms with Gasteiger partial charge in [-0.1, -0.05) is 33.6 Å². The Bertz CT molecular complexity index is 534. The molecule has 5 heteroatoms. The molecule has 2 rings (SSSR count). The van der Waals surface area contributed by atoms with E-state index in [0.29, 0.717) is 4.47 Å². The van der Waals surface area contributed by atoms with E-state index >= 15 is 0 Å². The fraction of sp³-hybridized carbons (Fsp3) is 0.167. The number of alkyl halides is 1. The lowest BCUT2D eigenvalue weighted by Crippen LogP contribution is -1.91. The Labute approximate surface area is 125 Å². The van der Waals surface area contributed by atoms with Crippen LogP contribution < -0.4 is 0 Å². The van der Waals surface area contributed by atoms with Crippen LogP contribution in [0.15, 0.2) is 28.7 Å². The van der Waals surface area contributed by atoms with Crippen molar-refractivity contribution in [3.8, 4) is 0 Å². The molecule has 1 aromatic carbocycles. The molecule has 1 atom stereocenters. The van der Waals surface area contributed by atoms with Gasteiger partial charge in [-0.05, 0) is 52.2 Å². The van der Waals surface area contributed by atoms with Crippen LogP contribution in [-0.2, 0) is 0 Å². The summed E-state index contributed by atoms with van der Waals surface area (Å²) in [6.07, 6.45) is 0. The van der Waals surface area contributed by atoms with Crippen LogP contribution in [0.25, 0.3) is 0 Å². The van der Waals surface area contributed by atoms with Crippen LogP contribution in [0, 0.1) is 12.7 Å². The Morgan fingerprint density at radius 3 is 2.59 bits per heavy atom. The van der Waals surface area contributed by atoms with Gasteiger partial charge in [-0.3, -0.25) is 0 Å². The lowest BCUT2D eigenvalue weighted by Gasteiger charge is -2.08. The maximum Gasteiger partial charge on any atom is 0.137 e. The highest BCUT2D eigenvalue weighted by molar-refractivity contribution is 9.10. The van der Waals surface area contributed by atoms with Crippen molar-refractivity contribution in [2.24, 2.45) is 0 Å². The van der Waals surface area contributed by atoms with Crippen LogP contribution in [0.4, 0.5) is 4.39 Å². The molecule has 0 aliphatic rings. The minimum absolute atomic E-state index is 0.0266. The van der Waals surface area contributed by atoms with Crippen molar-refractivity contribution in [3.63, 3.8) is 0 Å². The Balaban J connectivity index is 2.36. The second kappa shape index (κ2) is 5.39. The van der Waals surface area contributed by atoms with Crippen LogP contribution in [-0.4, -0.2) is 0 Å². The average molecular weight is 399 g/mol. The quantitative estimate of drug-likeness (QED) is 0.537. The summed E-state index contributed by atoms with van der Waals surface area (Å²) in [5.41, 5.74) is 1.93.